The summed E-state index contributed by atoms with van der Waals surface area (Å²) in [5.74, 6) is 0. The molecule has 2 aliphatic rings. The summed E-state index contributed by atoms with van der Waals surface area (Å²) in [4.78, 5) is 33.0. The molecule has 0 bridgehead atoms. The van der Waals surface area contributed by atoms with Crippen molar-refractivity contribution in [3.05, 3.63) is 54.6 Å². The number of aryl methyl sites for hydroxylation is 1. The lowest BCUT2D eigenvalue weighted by Crippen LogP contribution is -2.50. The van der Waals surface area contributed by atoms with Crippen LogP contribution >= 0.6 is 0 Å². The molecule has 2 aliphatic heterocycles. The number of hydrogen-bond donors (Lipinski definition) is 0. The summed E-state index contributed by atoms with van der Waals surface area (Å²) in [5.41, 5.74) is 5.43. The molecule has 44 heavy (non-hydrogen) atoms. The second-order valence-electron chi connectivity index (χ2n) is 13.5. The smallest absolute Gasteiger partial charge is 0.410 e. The van der Waals surface area contributed by atoms with Crippen molar-refractivity contribution in [2.24, 2.45) is 7.05 Å². The van der Waals surface area contributed by atoms with Gasteiger partial charge in [0.05, 0.1) is 11.4 Å². The van der Waals surface area contributed by atoms with Gasteiger partial charge in [-0.05, 0) is 77.4 Å². The molecule has 0 radical (unpaired) electrons. The Bertz CT molecular complexity index is 1440. The number of benzene rings is 2. The number of anilines is 2. The molecule has 10 heteroatoms. The third kappa shape index (κ3) is 7.65. The third-order valence-corrected chi connectivity index (χ3v) is 7.80. The van der Waals surface area contributed by atoms with Crippen LogP contribution in [0.15, 0.2) is 54.6 Å². The summed E-state index contributed by atoms with van der Waals surface area (Å²) in [7, 11) is 1.97. The van der Waals surface area contributed by atoms with Gasteiger partial charge in [0.1, 0.15) is 11.2 Å². The number of rotatable bonds is 4. The zero-order valence-electron chi connectivity index (χ0n) is 27.2. The number of piperazine rings is 2. The minimum Gasteiger partial charge on any atom is -0.444 e. The van der Waals surface area contributed by atoms with Crippen LogP contribution < -0.4 is 9.80 Å². The Morgan fingerprint density at radius 1 is 0.614 bits per heavy atom. The van der Waals surface area contributed by atoms with E-state index in [1.165, 1.54) is 0 Å². The lowest BCUT2D eigenvalue weighted by Gasteiger charge is -2.36. The number of hydrogen-bond acceptors (Lipinski definition) is 7. The van der Waals surface area contributed by atoms with E-state index in [1.807, 2.05) is 53.3 Å². The van der Waals surface area contributed by atoms with Gasteiger partial charge in [-0.25, -0.2) is 9.59 Å². The third-order valence-electron chi connectivity index (χ3n) is 7.80. The van der Waals surface area contributed by atoms with Crippen molar-refractivity contribution in [2.75, 3.05) is 62.2 Å². The fraction of sp³-hybridized carbons (Fsp3) is 0.500. The molecule has 2 saturated heterocycles. The molecule has 0 spiro atoms. The van der Waals surface area contributed by atoms with E-state index in [0.717, 1.165) is 60.1 Å². The van der Waals surface area contributed by atoms with E-state index in [1.54, 1.807) is 9.80 Å². The number of ether oxygens (including phenoxy) is 2. The van der Waals surface area contributed by atoms with Gasteiger partial charge >= 0.3 is 12.2 Å². The number of amides is 2. The van der Waals surface area contributed by atoms with E-state index in [0.29, 0.717) is 26.2 Å². The van der Waals surface area contributed by atoms with Crippen LogP contribution in [0.25, 0.3) is 22.5 Å². The fourth-order valence-electron chi connectivity index (χ4n) is 5.51. The topological polar surface area (TPSA) is 83.4 Å². The Morgan fingerprint density at radius 3 is 1.39 bits per heavy atom. The highest BCUT2D eigenvalue weighted by atomic mass is 16.6. The fourth-order valence-corrected chi connectivity index (χ4v) is 5.51. The summed E-state index contributed by atoms with van der Waals surface area (Å²) < 4.78 is 13.0. The molecular weight excluding hydrogens is 556 g/mol. The Morgan fingerprint density at radius 2 is 1.00 bits per heavy atom. The van der Waals surface area contributed by atoms with Crippen LogP contribution in [0.2, 0.25) is 0 Å². The number of carbonyl (C=O) groups is 2. The van der Waals surface area contributed by atoms with Crippen LogP contribution in [-0.4, -0.2) is 95.3 Å². The Kier molecular flexibility index (Phi) is 8.81. The first-order valence-electron chi connectivity index (χ1n) is 15.5. The average molecular weight is 603 g/mol. The maximum Gasteiger partial charge on any atom is 0.410 e. The molecule has 0 N–H and O–H groups in total. The van der Waals surface area contributed by atoms with Gasteiger partial charge in [0, 0.05) is 76.3 Å². The highest BCUT2D eigenvalue weighted by molar-refractivity contribution is 5.72. The molecule has 5 rings (SSSR count). The minimum atomic E-state index is -0.485. The molecule has 0 atom stereocenters. The normalized spacial score (nSPS) is 16.2. The van der Waals surface area contributed by atoms with Crippen molar-refractivity contribution < 1.29 is 19.1 Å². The zero-order valence-corrected chi connectivity index (χ0v) is 27.2. The summed E-state index contributed by atoms with van der Waals surface area (Å²) in [6.45, 7) is 17.0. The highest BCUT2D eigenvalue weighted by Gasteiger charge is 2.27. The Labute approximate surface area is 261 Å². The predicted octanol–water partition coefficient (Wildman–Crippen LogP) is 5.87. The predicted molar refractivity (Wildman–Crippen MR) is 174 cm³/mol. The van der Waals surface area contributed by atoms with Gasteiger partial charge in [-0.2, -0.15) is 5.10 Å². The summed E-state index contributed by atoms with van der Waals surface area (Å²) in [5, 5.41) is 4.81. The van der Waals surface area contributed by atoms with E-state index >= 15 is 0 Å². The summed E-state index contributed by atoms with van der Waals surface area (Å²) in [6, 6.07) is 19.2. The van der Waals surface area contributed by atoms with Crippen molar-refractivity contribution in [3.8, 4) is 22.5 Å². The van der Waals surface area contributed by atoms with Gasteiger partial charge in [-0.3, -0.25) is 4.68 Å². The van der Waals surface area contributed by atoms with Gasteiger partial charge in [-0.15, -0.1) is 0 Å². The van der Waals surface area contributed by atoms with Crippen LogP contribution in [0, 0.1) is 0 Å². The van der Waals surface area contributed by atoms with Gasteiger partial charge in [0.15, 0.2) is 0 Å². The van der Waals surface area contributed by atoms with E-state index in [4.69, 9.17) is 14.6 Å². The second-order valence-corrected chi connectivity index (χ2v) is 13.5. The van der Waals surface area contributed by atoms with Gasteiger partial charge < -0.3 is 29.1 Å². The molecule has 2 aromatic carbocycles. The molecule has 3 aromatic rings. The van der Waals surface area contributed by atoms with E-state index in [2.05, 4.69) is 64.4 Å². The molecule has 2 amide bonds. The molecule has 0 aliphatic carbocycles. The van der Waals surface area contributed by atoms with E-state index in [-0.39, 0.29) is 12.2 Å². The van der Waals surface area contributed by atoms with Gasteiger partial charge in [0.25, 0.3) is 0 Å². The van der Waals surface area contributed by atoms with E-state index < -0.39 is 11.2 Å². The molecule has 10 nitrogen and oxygen atoms in total. The van der Waals surface area contributed by atoms with Crippen LogP contribution in [0.1, 0.15) is 41.5 Å². The standard InChI is InChI=1S/C34H46N6O4/c1-33(2,3)43-31(41)39-20-16-37(17-21-39)27-12-8-25(9-13-27)29-24-30(36(7)35-29)26-10-14-28(15-11-26)38-18-22-40(23-19-38)32(42)44-34(4,5)6/h8-15,24H,16-23H2,1-7H3. The lowest BCUT2D eigenvalue weighted by atomic mass is 10.1. The Hall–Kier alpha value is -4.21. The van der Waals surface area contributed by atoms with Crippen LogP contribution in [0.3, 0.4) is 0 Å². The SMILES string of the molecule is Cn1nc(-c2ccc(N3CCN(C(=O)OC(C)(C)C)CC3)cc2)cc1-c1ccc(N2CCN(C(=O)OC(C)(C)C)CC2)cc1. The molecule has 2 fully saturated rings. The first kappa shape index (κ1) is 31.2. The molecule has 0 saturated carbocycles. The highest BCUT2D eigenvalue weighted by Crippen LogP contribution is 2.29. The van der Waals surface area contributed by atoms with Crippen LogP contribution in [-0.2, 0) is 16.5 Å². The molecule has 1 aromatic heterocycles. The van der Waals surface area contributed by atoms with Crippen molar-refractivity contribution in [1.29, 1.82) is 0 Å². The molecular formula is C34H46N6O4. The average Bonchev–Trinajstić information content (AvgIpc) is 3.37. The van der Waals surface area contributed by atoms with Crippen LogP contribution in [0.4, 0.5) is 21.0 Å². The first-order chi connectivity index (χ1) is 20.8. The van der Waals surface area contributed by atoms with Crippen LogP contribution in [0.5, 0.6) is 0 Å². The maximum absolute atomic E-state index is 12.4. The lowest BCUT2D eigenvalue weighted by molar-refractivity contribution is 0.0230. The molecule has 236 valence electrons. The monoisotopic (exact) mass is 602 g/mol. The quantitative estimate of drug-likeness (QED) is 0.370. The van der Waals surface area contributed by atoms with Crippen molar-refractivity contribution in [2.45, 2.75) is 52.7 Å². The van der Waals surface area contributed by atoms with Crippen molar-refractivity contribution >= 4 is 23.6 Å². The first-order valence-corrected chi connectivity index (χ1v) is 15.5. The largest absolute Gasteiger partial charge is 0.444 e. The van der Waals surface area contributed by atoms with Crippen molar-refractivity contribution in [3.63, 3.8) is 0 Å². The second kappa shape index (κ2) is 12.4. The number of aromatic nitrogens is 2. The molecule has 0 unspecified atom stereocenters. The van der Waals surface area contributed by atoms with Gasteiger partial charge in [-0.1, -0.05) is 24.3 Å². The number of carbonyl (C=O) groups excluding carboxylic acids is 2. The zero-order chi connectivity index (χ0) is 31.6. The van der Waals surface area contributed by atoms with Gasteiger partial charge in [0.2, 0.25) is 0 Å². The van der Waals surface area contributed by atoms with E-state index in [9.17, 15) is 9.59 Å². The van der Waals surface area contributed by atoms with Crippen molar-refractivity contribution in [1.82, 2.24) is 19.6 Å². The maximum atomic E-state index is 12.4. The minimum absolute atomic E-state index is 0.243. The Balaban J connectivity index is 1.17. The molecule has 3 heterocycles. The number of nitrogens with zero attached hydrogens (tertiary/aromatic N) is 6. The summed E-state index contributed by atoms with van der Waals surface area (Å²) in [6.07, 6.45) is -0.487. The summed E-state index contributed by atoms with van der Waals surface area (Å²) >= 11 is 0.